The molecule has 1 aromatic carbocycles. The topological polar surface area (TPSA) is 64.4 Å². The van der Waals surface area contributed by atoms with Crippen LogP contribution in [0.2, 0.25) is 0 Å². The van der Waals surface area contributed by atoms with E-state index in [-0.39, 0.29) is 5.75 Å². The number of hydrogen-bond acceptors (Lipinski definition) is 4. The maximum absolute atomic E-state index is 12.0. The summed E-state index contributed by atoms with van der Waals surface area (Å²) in [5.74, 6) is 0.0867. The van der Waals surface area contributed by atoms with Gasteiger partial charge in [-0.25, -0.2) is 4.79 Å². The van der Waals surface area contributed by atoms with Crippen LogP contribution in [-0.4, -0.2) is 26.6 Å². The van der Waals surface area contributed by atoms with Crippen molar-refractivity contribution < 1.29 is 14.6 Å². The molecule has 2 aromatic rings. The zero-order chi connectivity index (χ0) is 13.5. The molecule has 0 amide bonds. The highest BCUT2D eigenvalue weighted by Gasteiger charge is 2.21. The first kappa shape index (κ1) is 13.1. The van der Waals surface area contributed by atoms with Crippen LogP contribution in [0, 0.1) is 3.70 Å². The van der Waals surface area contributed by atoms with Crippen molar-refractivity contribution in [3.8, 4) is 5.75 Å². The van der Waals surface area contributed by atoms with Gasteiger partial charge < -0.3 is 9.84 Å². The van der Waals surface area contributed by atoms with Crippen molar-refractivity contribution in [3.63, 3.8) is 0 Å². The molecule has 0 radical (unpaired) electrons. The molecule has 1 heterocycles. The van der Waals surface area contributed by atoms with E-state index in [0.29, 0.717) is 9.22 Å². The second kappa shape index (κ2) is 4.42. The zero-order valence-electron chi connectivity index (χ0n) is 10.3. The smallest absolute Gasteiger partial charge is 0.435 e. The van der Waals surface area contributed by atoms with E-state index in [9.17, 15) is 9.90 Å². The molecule has 1 aromatic heterocycles. The van der Waals surface area contributed by atoms with Gasteiger partial charge in [0.25, 0.3) is 0 Å². The molecule has 0 aliphatic rings. The van der Waals surface area contributed by atoms with Gasteiger partial charge in [-0.05, 0) is 55.5 Å². The lowest BCUT2D eigenvalue weighted by Crippen LogP contribution is -2.27. The number of carbonyl (C=O) groups is 1. The molecule has 0 atom stereocenters. The summed E-state index contributed by atoms with van der Waals surface area (Å²) >= 11 is 2.04. The SMILES string of the molecule is CC(C)(C)OC(=O)n1nc(I)c2ccc(O)cc21. The average molecular weight is 360 g/mol. The Morgan fingerprint density at radius 1 is 1.44 bits per heavy atom. The van der Waals surface area contributed by atoms with Crippen molar-refractivity contribution in [2.75, 3.05) is 0 Å². The molecule has 6 heteroatoms. The molecule has 0 unspecified atom stereocenters. The van der Waals surface area contributed by atoms with Crippen LogP contribution >= 0.6 is 22.6 Å². The number of nitrogens with zero attached hydrogens (tertiary/aromatic N) is 2. The summed E-state index contributed by atoms with van der Waals surface area (Å²) in [6.45, 7) is 5.37. The zero-order valence-corrected chi connectivity index (χ0v) is 12.4. The number of aromatic nitrogens is 2. The number of carbonyl (C=O) groups excluding carboxylic acids is 1. The lowest BCUT2D eigenvalue weighted by molar-refractivity contribution is 0.0522. The van der Waals surface area contributed by atoms with Gasteiger partial charge in [-0.15, -0.1) is 0 Å². The number of phenols is 1. The maximum Gasteiger partial charge on any atom is 0.435 e. The molecule has 0 bridgehead atoms. The van der Waals surface area contributed by atoms with E-state index >= 15 is 0 Å². The van der Waals surface area contributed by atoms with Crippen molar-refractivity contribution in [2.45, 2.75) is 26.4 Å². The molecule has 0 spiro atoms. The molecule has 0 saturated carbocycles. The molecule has 0 saturated heterocycles. The second-order valence-corrected chi connectivity index (χ2v) is 5.91. The fourth-order valence-corrected chi connectivity index (χ4v) is 2.18. The molecule has 0 fully saturated rings. The average Bonchev–Trinajstić information content (AvgIpc) is 2.53. The van der Waals surface area contributed by atoms with Crippen LogP contribution in [0.15, 0.2) is 18.2 Å². The molecule has 5 nitrogen and oxygen atoms in total. The van der Waals surface area contributed by atoms with E-state index in [1.165, 1.54) is 10.7 Å². The summed E-state index contributed by atoms with van der Waals surface area (Å²) in [4.78, 5) is 12.0. The molecule has 1 N–H and O–H groups in total. The van der Waals surface area contributed by atoms with Crippen LogP contribution in [0.25, 0.3) is 10.9 Å². The third-order valence-electron chi connectivity index (χ3n) is 2.19. The van der Waals surface area contributed by atoms with Crippen molar-refractivity contribution in [3.05, 3.63) is 21.9 Å². The van der Waals surface area contributed by atoms with Crippen LogP contribution in [0.1, 0.15) is 20.8 Å². The van der Waals surface area contributed by atoms with Gasteiger partial charge in [0, 0.05) is 11.5 Å². The summed E-state index contributed by atoms with van der Waals surface area (Å²) in [5, 5.41) is 14.4. The van der Waals surface area contributed by atoms with E-state index in [2.05, 4.69) is 5.10 Å². The molecule has 96 valence electrons. The van der Waals surface area contributed by atoms with Gasteiger partial charge in [0.2, 0.25) is 0 Å². The number of ether oxygens (including phenoxy) is 1. The van der Waals surface area contributed by atoms with E-state index in [0.717, 1.165) is 5.39 Å². The first-order valence-corrected chi connectivity index (χ1v) is 6.46. The van der Waals surface area contributed by atoms with Crippen molar-refractivity contribution >= 4 is 39.6 Å². The minimum atomic E-state index is -0.586. The molecular formula is C12H13IN2O3. The van der Waals surface area contributed by atoms with Crippen LogP contribution < -0.4 is 0 Å². The number of rotatable bonds is 0. The molecule has 18 heavy (non-hydrogen) atoms. The quantitative estimate of drug-likeness (QED) is 0.734. The summed E-state index contributed by atoms with van der Waals surface area (Å²) in [6, 6.07) is 4.78. The monoisotopic (exact) mass is 360 g/mol. The van der Waals surface area contributed by atoms with Crippen LogP contribution in [0.5, 0.6) is 5.75 Å². The standard InChI is InChI=1S/C12H13IN2O3/c1-12(2,3)18-11(17)15-9-6-7(16)4-5-8(9)10(13)14-15/h4-6,16H,1-3H3. The normalized spacial score (nSPS) is 11.8. The van der Waals surface area contributed by atoms with E-state index in [1.807, 2.05) is 22.6 Å². The fourth-order valence-electron chi connectivity index (χ4n) is 1.51. The number of phenolic OH excluding ortho intramolecular Hbond substituents is 1. The Labute approximate surface area is 118 Å². The van der Waals surface area contributed by atoms with Gasteiger partial charge in [0.1, 0.15) is 15.1 Å². The van der Waals surface area contributed by atoms with Crippen LogP contribution in [0.4, 0.5) is 4.79 Å². The number of aromatic hydroxyl groups is 1. The number of halogens is 1. The van der Waals surface area contributed by atoms with E-state index < -0.39 is 11.7 Å². The van der Waals surface area contributed by atoms with Gasteiger partial charge in [-0.3, -0.25) is 0 Å². The molecule has 0 aliphatic heterocycles. The first-order valence-electron chi connectivity index (χ1n) is 5.38. The van der Waals surface area contributed by atoms with Crippen LogP contribution in [0.3, 0.4) is 0 Å². The summed E-state index contributed by atoms with van der Waals surface area (Å²) in [5.41, 5.74) is -0.0499. The Kier molecular flexibility index (Phi) is 3.22. The predicted molar refractivity (Wildman–Crippen MR) is 75.7 cm³/mol. The largest absolute Gasteiger partial charge is 0.508 e. The first-order chi connectivity index (χ1) is 8.28. The summed E-state index contributed by atoms with van der Waals surface area (Å²) in [6.07, 6.45) is -0.555. The lowest BCUT2D eigenvalue weighted by atomic mass is 10.2. The van der Waals surface area contributed by atoms with E-state index in [4.69, 9.17) is 4.74 Å². The Morgan fingerprint density at radius 3 is 2.72 bits per heavy atom. The third-order valence-corrected chi connectivity index (χ3v) is 2.98. The van der Waals surface area contributed by atoms with Gasteiger partial charge in [-0.2, -0.15) is 9.78 Å². The third kappa shape index (κ3) is 2.58. The molecule has 0 aliphatic carbocycles. The van der Waals surface area contributed by atoms with Crippen molar-refractivity contribution in [1.82, 2.24) is 9.78 Å². The van der Waals surface area contributed by atoms with E-state index in [1.54, 1.807) is 32.9 Å². The summed E-state index contributed by atoms with van der Waals surface area (Å²) in [7, 11) is 0. The Hall–Kier alpha value is -1.31. The van der Waals surface area contributed by atoms with Gasteiger partial charge >= 0.3 is 6.09 Å². The van der Waals surface area contributed by atoms with Gasteiger partial charge in [-0.1, -0.05) is 0 Å². The maximum atomic E-state index is 12.0. The minimum Gasteiger partial charge on any atom is -0.508 e. The Balaban J connectivity index is 2.51. The number of fused-ring (bicyclic) bond motifs is 1. The number of hydrogen-bond donors (Lipinski definition) is 1. The number of benzene rings is 1. The van der Waals surface area contributed by atoms with Gasteiger partial charge in [0.15, 0.2) is 0 Å². The second-order valence-electron chi connectivity index (χ2n) is 4.88. The predicted octanol–water partition coefficient (Wildman–Crippen LogP) is 3.13. The Bertz CT molecular complexity index is 614. The highest BCUT2D eigenvalue weighted by Crippen LogP contribution is 2.24. The highest BCUT2D eigenvalue weighted by molar-refractivity contribution is 14.1. The summed E-state index contributed by atoms with van der Waals surface area (Å²) < 4.78 is 7.12. The fraction of sp³-hybridized carbons (Fsp3) is 0.333. The minimum absolute atomic E-state index is 0.0867. The van der Waals surface area contributed by atoms with Gasteiger partial charge in [0.05, 0.1) is 5.52 Å². The molecule has 2 rings (SSSR count). The van der Waals surface area contributed by atoms with Crippen molar-refractivity contribution in [2.24, 2.45) is 0 Å². The van der Waals surface area contributed by atoms with Crippen molar-refractivity contribution in [1.29, 1.82) is 0 Å². The Morgan fingerprint density at radius 2 is 2.11 bits per heavy atom. The molecular weight excluding hydrogens is 347 g/mol. The highest BCUT2D eigenvalue weighted by atomic mass is 127. The lowest BCUT2D eigenvalue weighted by Gasteiger charge is -2.19. The van der Waals surface area contributed by atoms with Crippen LogP contribution in [-0.2, 0) is 4.74 Å².